The number of fused-ring (bicyclic) bond motifs is 1. The summed E-state index contributed by atoms with van der Waals surface area (Å²) < 4.78 is 0. The standard InChI is InChI=1S/C23H28N4OS/c1-27-10-7-16(8-11-27)2-3-18-13-21(29-15-18)23(28)26-14-17-4-5-20-19(12-17)6-9-25-22(20)24/h4-6,9,12-13,15-16H,2-3,7-8,10-11,14H2,1H3,(H2,24,25)(H,26,28). The number of carbonyl (C=O) groups excluding carboxylic acids is 1. The summed E-state index contributed by atoms with van der Waals surface area (Å²) >= 11 is 1.54. The van der Waals surface area contributed by atoms with Crippen LogP contribution < -0.4 is 11.1 Å². The highest BCUT2D eigenvalue weighted by atomic mass is 32.1. The average Bonchev–Trinajstić information content (AvgIpc) is 3.21. The molecule has 29 heavy (non-hydrogen) atoms. The third kappa shape index (κ3) is 4.95. The summed E-state index contributed by atoms with van der Waals surface area (Å²) in [6.07, 6.45) is 6.58. The Morgan fingerprint density at radius 3 is 2.90 bits per heavy atom. The molecular formula is C23H28N4OS. The van der Waals surface area contributed by atoms with Crippen molar-refractivity contribution in [2.45, 2.75) is 32.2 Å². The smallest absolute Gasteiger partial charge is 0.261 e. The molecule has 4 rings (SSSR count). The molecule has 3 N–H and O–H groups in total. The monoisotopic (exact) mass is 408 g/mol. The number of nitrogens with one attached hydrogen (secondary N) is 1. The molecule has 0 atom stereocenters. The first-order chi connectivity index (χ1) is 14.1. The summed E-state index contributed by atoms with van der Waals surface area (Å²) in [6.45, 7) is 2.92. The van der Waals surface area contributed by atoms with Crippen LogP contribution in [0.5, 0.6) is 0 Å². The number of nitrogens with two attached hydrogens (primary N) is 1. The number of likely N-dealkylation sites (tertiary alicyclic amines) is 1. The molecule has 1 saturated heterocycles. The minimum atomic E-state index is -0.00474. The van der Waals surface area contributed by atoms with E-state index in [9.17, 15) is 4.79 Å². The second-order valence-electron chi connectivity index (χ2n) is 8.04. The van der Waals surface area contributed by atoms with Crippen LogP contribution in [0.3, 0.4) is 0 Å². The topological polar surface area (TPSA) is 71.2 Å². The molecule has 3 heterocycles. The Morgan fingerprint density at radius 1 is 1.24 bits per heavy atom. The van der Waals surface area contributed by atoms with Gasteiger partial charge in [-0.05, 0) is 91.8 Å². The third-order valence-electron chi connectivity index (χ3n) is 5.87. The molecule has 0 spiro atoms. The minimum Gasteiger partial charge on any atom is -0.383 e. The van der Waals surface area contributed by atoms with Gasteiger partial charge in [-0.3, -0.25) is 4.79 Å². The van der Waals surface area contributed by atoms with Crippen molar-refractivity contribution in [1.82, 2.24) is 15.2 Å². The van der Waals surface area contributed by atoms with Gasteiger partial charge in [-0.25, -0.2) is 4.98 Å². The molecule has 3 aromatic rings. The number of benzene rings is 1. The number of hydrogen-bond donors (Lipinski definition) is 2. The first-order valence-corrected chi connectivity index (χ1v) is 11.1. The van der Waals surface area contributed by atoms with Crippen LogP contribution >= 0.6 is 11.3 Å². The molecule has 0 radical (unpaired) electrons. The molecule has 0 bridgehead atoms. The fourth-order valence-corrected chi connectivity index (χ4v) is 4.84. The van der Waals surface area contributed by atoms with Gasteiger partial charge in [0.1, 0.15) is 5.82 Å². The predicted octanol–water partition coefficient (Wildman–Crippen LogP) is 4.08. The third-order valence-corrected chi connectivity index (χ3v) is 6.85. The molecule has 0 saturated carbocycles. The number of piperidine rings is 1. The maximum absolute atomic E-state index is 12.6. The number of amides is 1. The highest BCUT2D eigenvalue weighted by Gasteiger charge is 2.17. The normalized spacial score (nSPS) is 15.6. The summed E-state index contributed by atoms with van der Waals surface area (Å²) in [7, 11) is 2.20. The van der Waals surface area contributed by atoms with Crippen LogP contribution in [0.2, 0.25) is 0 Å². The van der Waals surface area contributed by atoms with Crippen molar-refractivity contribution >= 4 is 33.8 Å². The van der Waals surface area contributed by atoms with Crippen molar-refractivity contribution < 1.29 is 4.79 Å². The first-order valence-electron chi connectivity index (χ1n) is 10.3. The maximum atomic E-state index is 12.6. The van der Waals surface area contributed by atoms with Gasteiger partial charge >= 0.3 is 0 Å². The van der Waals surface area contributed by atoms with Crippen molar-refractivity contribution in [1.29, 1.82) is 0 Å². The van der Waals surface area contributed by atoms with Gasteiger partial charge in [0.2, 0.25) is 0 Å². The second-order valence-corrected chi connectivity index (χ2v) is 8.95. The fraction of sp³-hybridized carbons (Fsp3) is 0.391. The summed E-state index contributed by atoms with van der Waals surface area (Å²) in [4.78, 5) is 19.9. The number of nitrogen functional groups attached to an aromatic ring is 1. The second kappa shape index (κ2) is 8.93. The van der Waals surface area contributed by atoms with E-state index in [0.717, 1.165) is 33.6 Å². The number of pyridine rings is 1. The van der Waals surface area contributed by atoms with E-state index in [-0.39, 0.29) is 5.91 Å². The lowest BCUT2D eigenvalue weighted by molar-refractivity contribution is 0.0955. The SMILES string of the molecule is CN1CCC(CCc2csc(C(=O)NCc3ccc4c(N)nccc4c3)c2)CC1. The largest absolute Gasteiger partial charge is 0.383 e. The van der Waals surface area contributed by atoms with E-state index < -0.39 is 0 Å². The number of rotatable bonds is 6. The number of thiophene rings is 1. The Kier molecular flexibility index (Phi) is 6.11. The average molecular weight is 409 g/mol. The van der Waals surface area contributed by atoms with Crippen molar-refractivity contribution in [3.8, 4) is 0 Å². The van der Waals surface area contributed by atoms with Crippen LogP contribution in [0.1, 0.15) is 40.1 Å². The number of anilines is 1. The maximum Gasteiger partial charge on any atom is 0.261 e. The van der Waals surface area contributed by atoms with E-state index in [2.05, 4.69) is 39.8 Å². The van der Waals surface area contributed by atoms with E-state index >= 15 is 0 Å². The number of aryl methyl sites for hydroxylation is 1. The lowest BCUT2D eigenvalue weighted by Crippen LogP contribution is -2.30. The molecular weight excluding hydrogens is 380 g/mol. The molecule has 1 aliphatic heterocycles. The lowest BCUT2D eigenvalue weighted by atomic mass is 9.91. The van der Waals surface area contributed by atoms with E-state index in [1.54, 1.807) is 6.20 Å². The summed E-state index contributed by atoms with van der Waals surface area (Å²) in [5.74, 6) is 1.35. The summed E-state index contributed by atoms with van der Waals surface area (Å²) in [5.41, 5.74) is 8.24. The molecule has 1 aromatic carbocycles. The molecule has 1 amide bonds. The van der Waals surface area contributed by atoms with Gasteiger partial charge in [-0.1, -0.05) is 12.1 Å². The zero-order chi connectivity index (χ0) is 20.2. The molecule has 5 nitrogen and oxygen atoms in total. The van der Waals surface area contributed by atoms with Crippen molar-refractivity contribution in [2.75, 3.05) is 25.9 Å². The Bertz CT molecular complexity index is 991. The van der Waals surface area contributed by atoms with Gasteiger partial charge in [-0.2, -0.15) is 0 Å². The van der Waals surface area contributed by atoms with Gasteiger partial charge in [-0.15, -0.1) is 11.3 Å². The quantitative estimate of drug-likeness (QED) is 0.645. The van der Waals surface area contributed by atoms with Gasteiger partial charge in [0.25, 0.3) is 5.91 Å². The number of nitrogens with zero attached hydrogens (tertiary/aromatic N) is 2. The molecule has 2 aromatic heterocycles. The van der Waals surface area contributed by atoms with E-state index in [0.29, 0.717) is 12.4 Å². The molecule has 0 unspecified atom stereocenters. The lowest BCUT2D eigenvalue weighted by Gasteiger charge is -2.28. The van der Waals surface area contributed by atoms with Crippen molar-refractivity contribution in [3.05, 3.63) is 57.9 Å². The first kappa shape index (κ1) is 19.9. The van der Waals surface area contributed by atoms with Gasteiger partial charge in [0, 0.05) is 18.1 Å². The molecule has 1 aliphatic rings. The predicted molar refractivity (Wildman–Crippen MR) is 120 cm³/mol. The number of carbonyl (C=O) groups is 1. The van der Waals surface area contributed by atoms with Crippen LogP contribution in [0.4, 0.5) is 5.82 Å². The minimum absolute atomic E-state index is 0.00474. The van der Waals surface area contributed by atoms with Crippen LogP contribution in [0.15, 0.2) is 41.9 Å². The van der Waals surface area contributed by atoms with Gasteiger partial charge < -0.3 is 16.0 Å². The Morgan fingerprint density at radius 2 is 2.07 bits per heavy atom. The van der Waals surface area contributed by atoms with Crippen molar-refractivity contribution in [3.63, 3.8) is 0 Å². The highest BCUT2D eigenvalue weighted by molar-refractivity contribution is 7.12. The Hall–Kier alpha value is -2.44. The fourth-order valence-electron chi connectivity index (χ4n) is 3.98. The Labute approximate surface area is 175 Å². The molecule has 6 heteroatoms. The van der Waals surface area contributed by atoms with E-state index in [1.807, 2.05) is 18.2 Å². The van der Waals surface area contributed by atoms with E-state index in [1.165, 1.54) is 49.3 Å². The Balaban J connectivity index is 1.30. The summed E-state index contributed by atoms with van der Waals surface area (Å²) in [6, 6.07) is 10.00. The number of aromatic nitrogens is 1. The van der Waals surface area contributed by atoms with Crippen LogP contribution in [0.25, 0.3) is 10.8 Å². The zero-order valence-electron chi connectivity index (χ0n) is 16.9. The molecule has 1 fully saturated rings. The number of hydrogen-bond acceptors (Lipinski definition) is 5. The van der Waals surface area contributed by atoms with E-state index in [4.69, 9.17) is 5.73 Å². The van der Waals surface area contributed by atoms with Crippen LogP contribution in [-0.2, 0) is 13.0 Å². The van der Waals surface area contributed by atoms with Crippen LogP contribution in [-0.4, -0.2) is 35.9 Å². The van der Waals surface area contributed by atoms with Crippen molar-refractivity contribution in [2.24, 2.45) is 5.92 Å². The van der Waals surface area contributed by atoms with Gasteiger partial charge in [0.05, 0.1) is 4.88 Å². The van der Waals surface area contributed by atoms with Crippen LogP contribution in [0, 0.1) is 5.92 Å². The highest BCUT2D eigenvalue weighted by Crippen LogP contribution is 2.24. The molecule has 152 valence electrons. The van der Waals surface area contributed by atoms with Gasteiger partial charge in [0.15, 0.2) is 0 Å². The zero-order valence-corrected chi connectivity index (χ0v) is 17.7. The summed E-state index contributed by atoms with van der Waals surface area (Å²) in [5, 5.41) is 7.15. The molecule has 0 aliphatic carbocycles.